The monoisotopic (exact) mass is 671 g/mol. The Labute approximate surface area is 288 Å². The quantitative estimate of drug-likeness (QED) is 0.303. The van der Waals surface area contributed by atoms with Crippen LogP contribution in [0.1, 0.15) is 107 Å². The number of fused-ring (bicyclic) bond motifs is 3. The van der Waals surface area contributed by atoms with Crippen molar-refractivity contribution in [3.63, 3.8) is 0 Å². The molecule has 1 atom stereocenters. The van der Waals surface area contributed by atoms with Crippen molar-refractivity contribution >= 4 is 12.0 Å². The highest BCUT2D eigenvalue weighted by Gasteiger charge is 2.54. The summed E-state index contributed by atoms with van der Waals surface area (Å²) >= 11 is 0. The van der Waals surface area contributed by atoms with Gasteiger partial charge in [-0.2, -0.15) is 4.80 Å². The molecule has 12 nitrogen and oxygen atoms in total. The van der Waals surface area contributed by atoms with Gasteiger partial charge in [0.05, 0.1) is 44.1 Å². The van der Waals surface area contributed by atoms with Crippen molar-refractivity contribution in [1.82, 2.24) is 35.4 Å². The highest BCUT2D eigenvalue weighted by molar-refractivity contribution is 5.79. The van der Waals surface area contributed by atoms with E-state index in [9.17, 15) is 14.7 Å². The standard InChI is InChI=1S/C37H49N7O5/c1-23(2)44-41-33(40-42-44)26-11-18-38-30(20-26)32(39-34(46)25-5-8-29(9-6-25)49-35(47)43-21-28(45)22-43)37-15-12-36(13-16-37,14-17-37)27-7-10-31(48-4)24(3)19-27/h7,10-11,18-20,23,25,28-29,32,45H,5-6,8-9,12-17,21-22H2,1-4H3,(H,39,46). The smallest absolute Gasteiger partial charge is 0.410 e. The zero-order valence-corrected chi connectivity index (χ0v) is 29.1. The highest BCUT2D eigenvalue weighted by Crippen LogP contribution is 2.62. The third-order valence-electron chi connectivity index (χ3n) is 11.9. The van der Waals surface area contributed by atoms with Crippen LogP contribution in [-0.2, 0) is 14.9 Å². The summed E-state index contributed by atoms with van der Waals surface area (Å²) < 4.78 is 11.3. The molecule has 5 aliphatic rings. The number of rotatable bonds is 9. The molecular formula is C37H49N7O5. The van der Waals surface area contributed by atoms with Crippen molar-refractivity contribution in [2.45, 2.75) is 115 Å². The fourth-order valence-corrected chi connectivity index (χ4v) is 8.66. The van der Waals surface area contributed by atoms with E-state index in [0.29, 0.717) is 44.6 Å². The van der Waals surface area contributed by atoms with Crippen LogP contribution in [0.15, 0.2) is 36.5 Å². The molecule has 49 heavy (non-hydrogen) atoms. The number of carbonyl (C=O) groups is 2. The third kappa shape index (κ3) is 6.51. The number of hydrogen-bond donors (Lipinski definition) is 2. The molecule has 3 aromatic rings. The van der Waals surface area contributed by atoms with Crippen molar-refractivity contribution in [1.29, 1.82) is 0 Å². The van der Waals surface area contributed by atoms with Gasteiger partial charge in [0.2, 0.25) is 11.7 Å². The van der Waals surface area contributed by atoms with Crippen LogP contribution in [0.4, 0.5) is 4.79 Å². The normalized spacial score (nSPS) is 27.4. The summed E-state index contributed by atoms with van der Waals surface area (Å²) in [6.07, 6.45) is 9.49. The number of aromatic nitrogens is 5. The Bertz CT molecular complexity index is 1650. The summed E-state index contributed by atoms with van der Waals surface area (Å²) in [6.45, 7) is 6.79. The number of methoxy groups -OCH3 is 1. The molecule has 1 aromatic carbocycles. The number of likely N-dealkylation sites (tertiary alicyclic amines) is 1. The topological polar surface area (TPSA) is 145 Å². The van der Waals surface area contributed by atoms with Gasteiger partial charge in [-0.15, -0.1) is 10.2 Å². The van der Waals surface area contributed by atoms with E-state index in [4.69, 9.17) is 14.5 Å². The lowest BCUT2D eigenvalue weighted by atomic mass is 9.49. The Kier molecular flexibility index (Phi) is 9.10. The lowest BCUT2D eigenvalue weighted by Gasteiger charge is -2.56. The van der Waals surface area contributed by atoms with Gasteiger partial charge in [0.25, 0.3) is 0 Å². The molecule has 2 bridgehead atoms. The van der Waals surface area contributed by atoms with E-state index in [1.54, 1.807) is 18.1 Å². The van der Waals surface area contributed by atoms with Gasteiger partial charge in [-0.1, -0.05) is 12.1 Å². The Morgan fingerprint density at radius 2 is 1.71 bits per heavy atom. The van der Waals surface area contributed by atoms with Crippen LogP contribution in [0.25, 0.3) is 11.4 Å². The predicted molar refractivity (Wildman–Crippen MR) is 182 cm³/mol. The molecule has 5 fully saturated rings. The number of carbonyl (C=O) groups excluding carboxylic acids is 2. The zero-order valence-electron chi connectivity index (χ0n) is 29.1. The van der Waals surface area contributed by atoms with E-state index in [1.807, 2.05) is 26.0 Å². The first-order valence-electron chi connectivity index (χ1n) is 17.9. The van der Waals surface area contributed by atoms with Gasteiger partial charge >= 0.3 is 6.09 Å². The molecule has 3 heterocycles. The van der Waals surface area contributed by atoms with Gasteiger partial charge in [-0.3, -0.25) is 9.78 Å². The van der Waals surface area contributed by atoms with Crippen molar-refractivity contribution in [2.24, 2.45) is 11.3 Å². The second kappa shape index (κ2) is 13.3. The van der Waals surface area contributed by atoms with E-state index in [1.165, 1.54) is 10.5 Å². The average molecular weight is 672 g/mol. The Morgan fingerprint density at radius 1 is 1.00 bits per heavy atom. The molecule has 2 aromatic heterocycles. The minimum Gasteiger partial charge on any atom is -0.496 e. The van der Waals surface area contributed by atoms with E-state index >= 15 is 0 Å². The van der Waals surface area contributed by atoms with E-state index in [0.717, 1.165) is 61.1 Å². The molecule has 1 aliphatic heterocycles. The average Bonchev–Trinajstić information content (AvgIpc) is 3.61. The Balaban J connectivity index is 1.10. The highest BCUT2D eigenvalue weighted by atomic mass is 16.6. The minimum absolute atomic E-state index is 0.0410. The zero-order chi connectivity index (χ0) is 34.3. The van der Waals surface area contributed by atoms with Gasteiger partial charge in [0.15, 0.2) is 0 Å². The molecule has 262 valence electrons. The van der Waals surface area contributed by atoms with Gasteiger partial charge < -0.3 is 24.8 Å². The number of pyridine rings is 1. The lowest BCUT2D eigenvalue weighted by Crippen LogP contribution is -2.54. The molecule has 4 aliphatic carbocycles. The molecule has 2 N–H and O–H groups in total. The molecule has 0 spiro atoms. The molecule has 2 amide bonds. The second-order valence-electron chi connectivity index (χ2n) is 15.2. The number of aryl methyl sites for hydroxylation is 1. The lowest BCUT2D eigenvalue weighted by molar-refractivity contribution is -0.129. The van der Waals surface area contributed by atoms with Crippen molar-refractivity contribution in [2.75, 3.05) is 20.2 Å². The minimum atomic E-state index is -0.462. The number of nitrogens with one attached hydrogen (secondary N) is 1. The largest absolute Gasteiger partial charge is 0.496 e. The maximum atomic E-state index is 14.1. The first kappa shape index (κ1) is 33.4. The van der Waals surface area contributed by atoms with Crippen molar-refractivity contribution in [3.8, 4) is 17.1 Å². The number of aliphatic hydroxyl groups is 1. The summed E-state index contributed by atoms with van der Waals surface area (Å²) in [7, 11) is 1.72. The Hall–Kier alpha value is -4.06. The summed E-state index contributed by atoms with van der Waals surface area (Å²) in [5, 5.41) is 26.2. The SMILES string of the molecule is COc1ccc(C23CCC(C(NC(=O)C4CCC(OC(=O)N5CC(O)C5)CC4)c4cc(-c5nnn(C(C)C)n5)ccn4)(CC2)CC3)cc1C. The first-order valence-corrected chi connectivity index (χ1v) is 17.9. The number of hydrogen-bond acceptors (Lipinski definition) is 9. The van der Waals surface area contributed by atoms with Gasteiger partial charge in [0, 0.05) is 17.7 Å². The Morgan fingerprint density at radius 3 is 2.33 bits per heavy atom. The van der Waals surface area contributed by atoms with E-state index in [-0.39, 0.29) is 46.9 Å². The predicted octanol–water partition coefficient (Wildman–Crippen LogP) is 5.45. The van der Waals surface area contributed by atoms with Gasteiger partial charge in [-0.25, -0.2) is 4.79 Å². The molecule has 12 heteroatoms. The second-order valence-corrected chi connectivity index (χ2v) is 15.2. The summed E-state index contributed by atoms with van der Waals surface area (Å²) in [5.74, 6) is 1.34. The molecule has 0 radical (unpaired) electrons. The number of β-amino-alcohol motifs (C(OH)–C–C–N with tert-alkyl or cyclic N) is 1. The summed E-state index contributed by atoms with van der Waals surface area (Å²) in [6, 6.07) is 10.4. The number of benzene rings is 1. The van der Waals surface area contributed by atoms with Gasteiger partial charge in [-0.05, 0) is 130 Å². The first-order chi connectivity index (χ1) is 23.6. The maximum Gasteiger partial charge on any atom is 0.410 e. The van der Waals surface area contributed by atoms with Crippen LogP contribution in [0, 0.1) is 18.3 Å². The number of tetrazole rings is 1. The van der Waals surface area contributed by atoms with Crippen molar-refractivity contribution < 1.29 is 24.2 Å². The maximum absolute atomic E-state index is 14.1. The van der Waals surface area contributed by atoms with E-state index in [2.05, 4.69) is 45.9 Å². The van der Waals surface area contributed by atoms with E-state index < -0.39 is 6.10 Å². The molecular weight excluding hydrogens is 622 g/mol. The van der Waals surface area contributed by atoms with Crippen LogP contribution in [0.2, 0.25) is 0 Å². The van der Waals surface area contributed by atoms with Gasteiger partial charge in [0.1, 0.15) is 11.9 Å². The fraction of sp³-hybridized carbons (Fsp3) is 0.622. The summed E-state index contributed by atoms with van der Waals surface area (Å²) in [4.78, 5) is 34.5. The molecule has 4 saturated carbocycles. The number of nitrogens with zero attached hydrogens (tertiary/aromatic N) is 6. The number of aliphatic hydroxyl groups excluding tert-OH is 1. The van der Waals surface area contributed by atoms with Crippen LogP contribution in [-0.4, -0.2) is 79.6 Å². The third-order valence-corrected chi connectivity index (χ3v) is 11.9. The van der Waals surface area contributed by atoms with Crippen molar-refractivity contribution in [3.05, 3.63) is 53.3 Å². The molecule has 8 rings (SSSR count). The van der Waals surface area contributed by atoms with Crippen LogP contribution < -0.4 is 10.1 Å². The molecule has 1 saturated heterocycles. The summed E-state index contributed by atoms with van der Waals surface area (Å²) in [5.41, 5.74) is 4.23. The van der Waals surface area contributed by atoms with Crippen LogP contribution >= 0.6 is 0 Å². The van der Waals surface area contributed by atoms with Crippen LogP contribution in [0.5, 0.6) is 5.75 Å². The fourth-order valence-electron chi connectivity index (χ4n) is 8.66. The number of ether oxygens (including phenoxy) is 2. The molecule has 1 unspecified atom stereocenters. The number of amides is 2. The van der Waals surface area contributed by atoms with Crippen LogP contribution in [0.3, 0.4) is 0 Å².